The molecule has 250 valence electrons. The van der Waals surface area contributed by atoms with E-state index in [-0.39, 0.29) is 35.7 Å². The Labute approximate surface area is 272 Å². The van der Waals surface area contributed by atoms with Crippen LogP contribution in [-0.2, 0) is 20.9 Å². The zero-order chi connectivity index (χ0) is 32.4. The summed E-state index contributed by atoms with van der Waals surface area (Å²) in [5, 5.41) is 3.63. The zero-order valence-corrected chi connectivity index (χ0v) is 29.0. The maximum atomic E-state index is 12.7. The van der Waals surface area contributed by atoms with Crippen molar-refractivity contribution in [1.82, 2.24) is 5.32 Å². The highest BCUT2D eigenvalue weighted by Crippen LogP contribution is 2.77. The molecular weight excluding hydrogens is 560 g/mol. The van der Waals surface area contributed by atoms with Crippen LogP contribution < -0.4 is 11.1 Å². The van der Waals surface area contributed by atoms with Gasteiger partial charge in [-0.1, -0.05) is 53.7 Å². The van der Waals surface area contributed by atoms with Crippen LogP contribution in [0.3, 0.4) is 0 Å². The number of furan rings is 1. The fourth-order valence-electron chi connectivity index (χ4n) is 12.9. The van der Waals surface area contributed by atoms with Gasteiger partial charge in [-0.15, -0.1) is 0 Å². The van der Waals surface area contributed by atoms with E-state index in [1.807, 2.05) is 12.1 Å². The van der Waals surface area contributed by atoms with E-state index >= 15 is 0 Å². The Hall–Kier alpha value is -2.08. The first-order valence-electron chi connectivity index (χ1n) is 18.0. The van der Waals surface area contributed by atoms with Gasteiger partial charge in [0.2, 0.25) is 5.91 Å². The summed E-state index contributed by atoms with van der Waals surface area (Å²) in [5.41, 5.74) is 7.87. The molecule has 1 aromatic rings. The first-order chi connectivity index (χ1) is 21.2. The first-order valence-corrected chi connectivity index (χ1v) is 18.0. The van der Waals surface area contributed by atoms with Crippen LogP contribution in [-0.4, -0.2) is 24.5 Å². The molecule has 5 saturated carbocycles. The van der Waals surface area contributed by atoms with E-state index in [0.717, 1.165) is 37.6 Å². The van der Waals surface area contributed by atoms with Crippen molar-refractivity contribution in [3.05, 3.63) is 36.3 Å². The molecule has 6 rings (SSSR count). The van der Waals surface area contributed by atoms with Gasteiger partial charge in [0.05, 0.1) is 19.2 Å². The Morgan fingerprint density at radius 1 is 0.933 bits per heavy atom. The van der Waals surface area contributed by atoms with E-state index < -0.39 is 5.91 Å². The fraction of sp³-hybridized carbons (Fsp3) is 0.795. The molecule has 1 amide bonds. The van der Waals surface area contributed by atoms with Gasteiger partial charge in [-0.25, -0.2) is 0 Å². The van der Waals surface area contributed by atoms with Crippen LogP contribution in [0, 0.1) is 56.7 Å². The Bertz CT molecular complexity index is 1290. The Kier molecular flexibility index (Phi) is 8.44. The molecule has 6 heteroatoms. The summed E-state index contributed by atoms with van der Waals surface area (Å²) in [6, 6.07) is 3.99. The normalized spacial score (nSPS) is 43.3. The molecule has 0 spiro atoms. The molecule has 0 saturated heterocycles. The van der Waals surface area contributed by atoms with Crippen molar-refractivity contribution in [2.45, 2.75) is 131 Å². The van der Waals surface area contributed by atoms with Crippen LogP contribution in [0.4, 0.5) is 0 Å². The predicted molar refractivity (Wildman–Crippen MR) is 178 cm³/mol. The maximum Gasteiger partial charge on any atom is 0.306 e. The summed E-state index contributed by atoms with van der Waals surface area (Å²) in [4.78, 5) is 23.9. The molecule has 0 aliphatic heterocycles. The monoisotopic (exact) mass is 620 g/mol. The Morgan fingerprint density at radius 2 is 1.71 bits per heavy atom. The number of esters is 1. The van der Waals surface area contributed by atoms with Gasteiger partial charge >= 0.3 is 5.97 Å². The summed E-state index contributed by atoms with van der Waals surface area (Å²) in [6.45, 7) is 21.6. The number of primary amides is 1. The minimum Gasteiger partial charge on any atom is -0.468 e. The quantitative estimate of drug-likeness (QED) is 0.214. The summed E-state index contributed by atoms with van der Waals surface area (Å²) in [7, 11) is 0. The molecular formula is C39H60N2O4. The number of hydrogen-bond donors (Lipinski definition) is 2. The molecule has 0 bridgehead atoms. The van der Waals surface area contributed by atoms with Gasteiger partial charge in [-0.05, 0) is 128 Å². The molecule has 1 heterocycles. The highest BCUT2D eigenvalue weighted by molar-refractivity contribution is 5.80. The zero-order valence-electron chi connectivity index (χ0n) is 29.0. The van der Waals surface area contributed by atoms with Gasteiger partial charge in [-0.2, -0.15) is 0 Å². The van der Waals surface area contributed by atoms with E-state index in [9.17, 15) is 9.59 Å². The lowest BCUT2D eigenvalue weighted by atomic mass is 9.32. The highest BCUT2D eigenvalue weighted by atomic mass is 16.5. The van der Waals surface area contributed by atoms with Gasteiger partial charge < -0.3 is 20.2 Å². The second-order valence-electron chi connectivity index (χ2n) is 17.6. The molecule has 6 nitrogen and oxygen atoms in total. The number of hydrogen-bond acceptors (Lipinski definition) is 5. The van der Waals surface area contributed by atoms with Gasteiger partial charge in [-0.3, -0.25) is 9.59 Å². The average molecular weight is 621 g/mol. The summed E-state index contributed by atoms with van der Waals surface area (Å²) in [5.74, 6) is 3.49. The molecule has 5 aliphatic carbocycles. The van der Waals surface area contributed by atoms with Crippen LogP contribution in [0.1, 0.15) is 124 Å². The van der Waals surface area contributed by atoms with Gasteiger partial charge in [0, 0.05) is 18.4 Å². The second-order valence-corrected chi connectivity index (χ2v) is 17.6. The van der Waals surface area contributed by atoms with Crippen molar-refractivity contribution in [3.63, 3.8) is 0 Å². The number of ether oxygens (including phenoxy) is 1. The summed E-state index contributed by atoms with van der Waals surface area (Å²) < 4.78 is 11.7. The van der Waals surface area contributed by atoms with E-state index in [2.05, 4.69) is 46.9 Å². The summed E-state index contributed by atoms with van der Waals surface area (Å²) >= 11 is 0. The minimum atomic E-state index is -0.448. The number of rotatable bonds is 9. The number of carbonyl (C=O) groups excluding carboxylic acids is 2. The lowest BCUT2D eigenvalue weighted by molar-refractivity contribution is -0.249. The van der Waals surface area contributed by atoms with Crippen molar-refractivity contribution < 1.29 is 18.7 Å². The number of amides is 1. The van der Waals surface area contributed by atoms with Gasteiger partial charge in [0.1, 0.15) is 11.9 Å². The number of fused-ring (bicyclic) bond motifs is 7. The Balaban J connectivity index is 1.20. The molecule has 1 aromatic heterocycles. The van der Waals surface area contributed by atoms with Crippen LogP contribution in [0.25, 0.3) is 0 Å². The SMILES string of the molecule is C=C(CNCc1ccco1)[C@@H]1CC[C@]2(C)CC[C@]3(C)[C@H](CC[C@@H]4[C@@]5(C)CC[C@H](OC(=O)CCC(N)=O)C(C)(C)[C@@H]5CC[C@]43C)[C@@H]12. The highest BCUT2D eigenvalue weighted by Gasteiger charge is 2.70. The number of carbonyl (C=O) groups is 2. The third-order valence-corrected chi connectivity index (χ3v) is 15.4. The topological polar surface area (TPSA) is 94.6 Å². The van der Waals surface area contributed by atoms with Crippen molar-refractivity contribution in [3.8, 4) is 0 Å². The van der Waals surface area contributed by atoms with Crippen molar-refractivity contribution in [2.75, 3.05) is 6.54 Å². The number of nitrogens with two attached hydrogens (primary N) is 1. The molecule has 3 N–H and O–H groups in total. The summed E-state index contributed by atoms with van der Waals surface area (Å²) in [6.07, 6.45) is 14.2. The molecule has 0 aromatic carbocycles. The maximum absolute atomic E-state index is 12.7. The largest absolute Gasteiger partial charge is 0.468 e. The smallest absolute Gasteiger partial charge is 0.306 e. The molecule has 0 radical (unpaired) electrons. The third-order valence-electron chi connectivity index (χ3n) is 15.4. The Morgan fingerprint density at radius 3 is 2.42 bits per heavy atom. The van der Waals surface area contributed by atoms with Crippen molar-refractivity contribution >= 4 is 11.9 Å². The number of nitrogens with one attached hydrogen (secondary N) is 1. The van der Waals surface area contributed by atoms with Crippen molar-refractivity contribution in [2.24, 2.45) is 62.4 Å². The van der Waals surface area contributed by atoms with Crippen LogP contribution >= 0.6 is 0 Å². The molecule has 10 atom stereocenters. The van der Waals surface area contributed by atoms with E-state index in [1.54, 1.807) is 6.26 Å². The van der Waals surface area contributed by atoms with Crippen LogP contribution in [0.2, 0.25) is 0 Å². The second kappa shape index (κ2) is 11.6. The lowest BCUT2D eigenvalue weighted by Gasteiger charge is -2.73. The van der Waals surface area contributed by atoms with Gasteiger partial charge in [0.25, 0.3) is 0 Å². The molecule has 5 fully saturated rings. The first kappa shape index (κ1) is 32.8. The van der Waals surface area contributed by atoms with Crippen molar-refractivity contribution in [1.29, 1.82) is 0 Å². The van der Waals surface area contributed by atoms with E-state index in [1.165, 1.54) is 56.9 Å². The van der Waals surface area contributed by atoms with E-state index in [0.29, 0.717) is 39.9 Å². The van der Waals surface area contributed by atoms with Crippen LogP contribution in [0.5, 0.6) is 0 Å². The minimum absolute atomic E-state index is 0.0585. The lowest BCUT2D eigenvalue weighted by Crippen LogP contribution is -2.66. The van der Waals surface area contributed by atoms with E-state index in [4.69, 9.17) is 21.5 Å². The average Bonchev–Trinajstić information content (AvgIpc) is 3.62. The fourth-order valence-corrected chi connectivity index (χ4v) is 12.9. The molecule has 0 unspecified atom stereocenters. The van der Waals surface area contributed by atoms with Crippen LogP contribution in [0.15, 0.2) is 35.0 Å². The standard InChI is InChI=1S/C39H60N2O4/c1-25(23-41-24-26-9-8-22-44-26)27-14-17-36(4)20-21-38(6)28(34(27)36)10-11-30-37(5)18-16-31(45-33(43)13-12-32(40)42)35(2,3)29(37)15-19-39(30,38)7/h8-9,22,27-31,34,41H,1,10-21,23-24H2,2-7H3,(H2,40,42)/t27-,28+,29-,30+,31-,34+,36+,37-,38+,39+/m0/s1. The van der Waals surface area contributed by atoms with Gasteiger partial charge in [0.15, 0.2) is 0 Å². The molecule has 45 heavy (non-hydrogen) atoms. The third kappa shape index (κ3) is 5.24. The predicted octanol–water partition coefficient (Wildman–Crippen LogP) is 8.20. The molecule has 5 aliphatic rings.